The number of nitrogens with two attached hydrogens (primary N) is 3. The number of hydrogen-bond acceptors (Lipinski definition) is 3. The Morgan fingerprint density at radius 1 is 1.00 bits per heavy atom. The van der Waals surface area contributed by atoms with Gasteiger partial charge in [-0.05, 0) is 42.9 Å². The molecule has 0 aliphatic rings. The molecule has 4 heteroatoms. The van der Waals surface area contributed by atoms with Crippen molar-refractivity contribution >= 4 is 17.3 Å². The van der Waals surface area contributed by atoms with E-state index in [0.29, 0.717) is 16.9 Å². The summed E-state index contributed by atoms with van der Waals surface area (Å²) >= 11 is 0. The minimum atomic E-state index is -0.420. The van der Waals surface area contributed by atoms with Gasteiger partial charge in [0.15, 0.2) is 0 Å². The van der Waals surface area contributed by atoms with Crippen LogP contribution in [0.5, 0.6) is 0 Å². The highest BCUT2D eigenvalue weighted by Crippen LogP contribution is 2.29. The van der Waals surface area contributed by atoms with Gasteiger partial charge in [-0.1, -0.05) is 26.7 Å². The van der Waals surface area contributed by atoms with Crippen LogP contribution in [0, 0.1) is 0 Å². The molecule has 0 bridgehead atoms. The van der Waals surface area contributed by atoms with Crippen LogP contribution in [0.4, 0.5) is 11.4 Å². The number of amides is 1. The standard InChI is InChI=1S/C15H25N3O/c1-3-5-7-10-12(16)9-13(17)11(8-6-4-2)14(10)15(18)19/h9H,3-8,16-17H2,1-2H3,(H2,18,19). The van der Waals surface area contributed by atoms with Gasteiger partial charge < -0.3 is 17.2 Å². The maximum Gasteiger partial charge on any atom is 0.249 e. The van der Waals surface area contributed by atoms with Crippen molar-refractivity contribution in [3.05, 3.63) is 22.8 Å². The van der Waals surface area contributed by atoms with Gasteiger partial charge in [0.25, 0.3) is 0 Å². The molecule has 0 spiro atoms. The van der Waals surface area contributed by atoms with Crippen molar-refractivity contribution in [2.45, 2.75) is 52.4 Å². The summed E-state index contributed by atoms with van der Waals surface area (Å²) in [5, 5.41) is 0. The van der Waals surface area contributed by atoms with Crippen molar-refractivity contribution in [1.82, 2.24) is 0 Å². The van der Waals surface area contributed by atoms with E-state index in [1.807, 2.05) is 0 Å². The summed E-state index contributed by atoms with van der Waals surface area (Å²) in [6.45, 7) is 4.21. The van der Waals surface area contributed by atoms with Crippen LogP contribution in [0.1, 0.15) is 61.0 Å². The second-order valence-electron chi connectivity index (χ2n) is 4.96. The summed E-state index contributed by atoms with van der Waals surface area (Å²) in [6.07, 6.45) is 5.63. The third-order valence-electron chi connectivity index (χ3n) is 3.42. The zero-order chi connectivity index (χ0) is 14.4. The first-order valence-corrected chi connectivity index (χ1v) is 7.02. The van der Waals surface area contributed by atoms with Gasteiger partial charge in [-0.15, -0.1) is 0 Å². The Hall–Kier alpha value is -1.71. The lowest BCUT2D eigenvalue weighted by molar-refractivity contribution is 0.0998. The minimum Gasteiger partial charge on any atom is -0.398 e. The molecule has 106 valence electrons. The number of hydrogen-bond donors (Lipinski definition) is 3. The second-order valence-corrected chi connectivity index (χ2v) is 4.96. The topological polar surface area (TPSA) is 95.1 Å². The predicted molar refractivity (Wildman–Crippen MR) is 81.0 cm³/mol. The fourth-order valence-electron chi connectivity index (χ4n) is 2.36. The van der Waals surface area contributed by atoms with Crippen molar-refractivity contribution < 1.29 is 4.79 Å². The third-order valence-corrected chi connectivity index (χ3v) is 3.42. The number of rotatable bonds is 7. The fourth-order valence-corrected chi connectivity index (χ4v) is 2.36. The molecule has 0 unspecified atom stereocenters. The Balaban J connectivity index is 3.31. The molecule has 0 aromatic heterocycles. The van der Waals surface area contributed by atoms with Crippen LogP contribution in [0.15, 0.2) is 6.07 Å². The summed E-state index contributed by atoms with van der Waals surface area (Å²) in [6, 6.07) is 1.77. The van der Waals surface area contributed by atoms with E-state index in [-0.39, 0.29) is 0 Å². The van der Waals surface area contributed by atoms with Crippen LogP contribution < -0.4 is 17.2 Å². The molecule has 0 heterocycles. The van der Waals surface area contributed by atoms with E-state index in [1.165, 1.54) is 0 Å². The predicted octanol–water partition coefficient (Wildman–Crippen LogP) is 2.64. The number of primary amides is 1. The molecule has 0 atom stereocenters. The molecule has 1 amide bonds. The molecule has 4 nitrogen and oxygen atoms in total. The van der Waals surface area contributed by atoms with E-state index in [2.05, 4.69) is 13.8 Å². The maximum absolute atomic E-state index is 11.8. The normalized spacial score (nSPS) is 10.6. The molecule has 6 N–H and O–H groups in total. The molecule has 0 saturated carbocycles. The lowest BCUT2D eigenvalue weighted by Crippen LogP contribution is -2.19. The Morgan fingerprint density at radius 3 is 1.74 bits per heavy atom. The first-order valence-electron chi connectivity index (χ1n) is 7.02. The molecule has 0 saturated heterocycles. The molecule has 0 aliphatic heterocycles. The summed E-state index contributed by atoms with van der Waals surface area (Å²) in [4.78, 5) is 11.8. The monoisotopic (exact) mass is 263 g/mol. The Labute approximate surface area is 115 Å². The van der Waals surface area contributed by atoms with Gasteiger partial charge in [0.1, 0.15) is 0 Å². The summed E-state index contributed by atoms with van der Waals surface area (Å²) in [5.74, 6) is -0.420. The first kappa shape index (κ1) is 15.3. The van der Waals surface area contributed by atoms with Crippen LogP contribution >= 0.6 is 0 Å². The van der Waals surface area contributed by atoms with Crippen LogP contribution in [0.2, 0.25) is 0 Å². The zero-order valence-electron chi connectivity index (χ0n) is 12.0. The van der Waals surface area contributed by atoms with Crippen LogP contribution in [-0.2, 0) is 12.8 Å². The quantitative estimate of drug-likeness (QED) is 0.660. The average molecular weight is 263 g/mol. The summed E-state index contributed by atoms with van der Waals surface area (Å²) < 4.78 is 0. The largest absolute Gasteiger partial charge is 0.398 e. The van der Waals surface area contributed by atoms with E-state index in [4.69, 9.17) is 17.2 Å². The molecule has 19 heavy (non-hydrogen) atoms. The van der Waals surface area contributed by atoms with Crippen molar-refractivity contribution in [2.24, 2.45) is 5.73 Å². The number of carbonyl (C=O) groups is 1. The first-order chi connectivity index (χ1) is 9.02. The fraction of sp³-hybridized carbons (Fsp3) is 0.533. The van der Waals surface area contributed by atoms with Gasteiger partial charge in [0.05, 0.1) is 0 Å². The number of benzene rings is 1. The molecular formula is C15H25N3O. The Morgan fingerprint density at radius 2 is 1.42 bits per heavy atom. The molecule has 0 aliphatic carbocycles. The molecular weight excluding hydrogens is 238 g/mol. The molecule has 1 rings (SSSR count). The highest BCUT2D eigenvalue weighted by atomic mass is 16.1. The smallest absolute Gasteiger partial charge is 0.249 e. The van der Waals surface area contributed by atoms with Crippen molar-refractivity contribution in [2.75, 3.05) is 11.5 Å². The van der Waals surface area contributed by atoms with Crippen LogP contribution in [-0.4, -0.2) is 5.91 Å². The SMILES string of the molecule is CCCCc1c(N)cc(N)c(CCCC)c1C(N)=O. The van der Waals surface area contributed by atoms with Gasteiger partial charge in [-0.2, -0.15) is 0 Å². The van der Waals surface area contributed by atoms with E-state index in [0.717, 1.165) is 49.7 Å². The van der Waals surface area contributed by atoms with Crippen LogP contribution in [0.3, 0.4) is 0 Å². The average Bonchev–Trinajstić information content (AvgIpc) is 2.35. The van der Waals surface area contributed by atoms with Gasteiger partial charge >= 0.3 is 0 Å². The van der Waals surface area contributed by atoms with Crippen molar-refractivity contribution in [1.29, 1.82) is 0 Å². The number of carbonyl (C=O) groups excluding carboxylic acids is 1. The third kappa shape index (κ3) is 3.63. The molecule has 1 aromatic carbocycles. The Bertz CT molecular complexity index is 423. The van der Waals surface area contributed by atoms with E-state index in [1.54, 1.807) is 6.07 Å². The van der Waals surface area contributed by atoms with Gasteiger partial charge in [0.2, 0.25) is 5.91 Å². The van der Waals surface area contributed by atoms with Gasteiger partial charge in [0, 0.05) is 16.9 Å². The number of unbranched alkanes of at least 4 members (excludes halogenated alkanes) is 2. The molecule has 0 radical (unpaired) electrons. The van der Waals surface area contributed by atoms with Crippen molar-refractivity contribution in [3.63, 3.8) is 0 Å². The number of nitrogen functional groups attached to an aromatic ring is 2. The highest BCUT2D eigenvalue weighted by molar-refractivity contribution is 5.99. The summed E-state index contributed by atoms with van der Waals surface area (Å²) in [7, 11) is 0. The number of anilines is 2. The lowest BCUT2D eigenvalue weighted by atomic mass is 9.91. The Kier molecular flexibility index (Phi) is 5.67. The van der Waals surface area contributed by atoms with Crippen LogP contribution in [0.25, 0.3) is 0 Å². The van der Waals surface area contributed by atoms with Crippen molar-refractivity contribution in [3.8, 4) is 0 Å². The molecule has 1 aromatic rings. The maximum atomic E-state index is 11.8. The summed E-state index contributed by atoms with van der Waals surface area (Å²) in [5.41, 5.74) is 21.0. The van der Waals surface area contributed by atoms with E-state index in [9.17, 15) is 4.79 Å². The van der Waals surface area contributed by atoms with Gasteiger partial charge in [-0.25, -0.2) is 0 Å². The van der Waals surface area contributed by atoms with E-state index < -0.39 is 5.91 Å². The van der Waals surface area contributed by atoms with E-state index >= 15 is 0 Å². The molecule has 0 fully saturated rings. The zero-order valence-corrected chi connectivity index (χ0v) is 12.0. The highest BCUT2D eigenvalue weighted by Gasteiger charge is 2.18. The minimum absolute atomic E-state index is 0.420. The van der Waals surface area contributed by atoms with Gasteiger partial charge in [-0.3, -0.25) is 4.79 Å². The second kappa shape index (κ2) is 7.02. The lowest BCUT2D eigenvalue weighted by Gasteiger charge is -2.17.